The van der Waals surface area contributed by atoms with E-state index >= 15 is 0 Å². The number of benzene rings is 2. The fourth-order valence-corrected chi connectivity index (χ4v) is 2.79. The first-order valence-electron chi connectivity index (χ1n) is 8.68. The topological polar surface area (TPSA) is 77.1 Å². The Bertz CT molecular complexity index is 820. The van der Waals surface area contributed by atoms with Crippen LogP contribution in [0.15, 0.2) is 42.5 Å². The smallest absolute Gasteiger partial charge is 0.226 e. The fraction of sp³-hybridized carbons (Fsp3) is 0.300. The van der Waals surface area contributed by atoms with E-state index in [1.54, 1.807) is 54.5 Å². The Morgan fingerprint density at radius 3 is 2.44 bits per heavy atom. The van der Waals surface area contributed by atoms with Crippen LogP contribution in [0.1, 0.15) is 13.3 Å². The highest BCUT2D eigenvalue weighted by atomic mass is 16.6. The molecule has 1 heterocycles. The minimum Gasteiger partial charge on any atom is -0.497 e. The van der Waals surface area contributed by atoms with E-state index in [2.05, 4.69) is 5.32 Å². The maximum atomic E-state index is 12.3. The van der Waals surface area contributed by atoms with Gasteiger partial charge in [0.05, 0.1) is 7.11 Å². The van der Waals surface area contributed by atoms with Crippen molar-refractivity contribution in [2.24, 2.45) is 0 Å². The molecule has 0 spiro atoms. The number of nitrogens with zero attached hydrogens (tertiary/aromatic N) is 1. The van der Waals surface area contributed by atoms with Gasteiger partial charge in [-0.25, -0.2) is 0 Å². The summed E-state index contributed by atoms with van der Waals surface area (Å²) in [7, 11) is 1.58. The number of carbonyl (C=O) groups is 2. The molecule has 2 aromatic carbocycles. The summed E-state index contributed by atoms with van der Waals surface area (Å²) >= 11 is 0. The van der Waals surface area contributed by atoms with Crippen molar-refractivity contribution in [2.45, 2.75) is 13.3 Å². The Hall–Kier alpha value is -3.22. The highest BCUT2D eigenvalue weighted by molar-refractivity contribution is 5.95. The number of hydrogen-bond donors (Lipinski definition) is 1. The van der Waals surface area contributed by atoms with Gasteiger partial charge in [0.1, 0.15) is 19.0 Å². The summed E-state index contributed by atoms with van der Waals surface area (Å²) in [5.74, 6) is 1.67. The Morgan fingerprint density at radius 1 is 1.07 bits per heavy atom. The molecule has 7 nitrogen and oxygen atoms in total. The van der Waals surface area contributed by atoms with Crippen molar-refractivity contribution < 1.29 is 23.8 Å². The van der Waals surface area contributed by atoms with Crippen LogP contribution in [0.4, 0.5) is 11.4 Å². The zero-order chi connectivity index (χ0) is 19.2. The predicted molar refractivity (Wildman–Crippen MR) is 102 cm³/mol. The van der Waals surface area contributed by atoms with Crippen LogP contribution < -0.4 is 24.4 Å². The van der Waals surface area contributed by atoms with Crippen molar-refractivity contribution in [2.75, 3.05) is 37.1 Å². The first-order chi connectivity index (χ1) is 13.1. The van der Waals surface area contributed by atoms with Gasteiger partial charge in [-0.2, -0.15) is 0 Å². The third-order valence-electron chi connectivity index (χ3n) is 4.15. The normalized spacial score (nSPS) is 12.2. The molecule has 1 aliphatic heterocycles. The van der Waals surface area contributed by atoms with E-state index < -0.39 is 0 Å². The summed E-state index contributed by atoms with van der Waals surface area (Å²) < 4.78 is 16.1. The van der Waals surface area contributed by atoms with Crippen LogP contribution in [0, 0.1) is 0 Å². The van der Waals surface area contributed by atoms with Gasteiger partial charge in [0.25, 0.3) is 0 Å². The molecule has 0 aromatic heterocycles. The molecule has 0 bridgehead atoms. The van der Waals surface area contributed by atoms with Crippen molar-refractivity contribution in [1.29, 1.82) is 0 Å². The molecule has 0 radical (unpaired) electrons. The number of methoxy groups -OCH3 is 1. The molecule has 2 aromatic rings. The lowest BCUT2D eigenvalue weighted by atomic mass is 10.2. The maximum Gasteiger partial charge on any atom is 0.226 e. The Morgan fingerprint density at radius 2 is 1.78 bits per heavy atom. The largest absolute Gasteiger partial charge is 0.497 e. The minimum atomic E-state index is -0.188. The summed E-state index contributed by atoms with van der Waals surface area (Å²) in [5, 5.41) is 2.82. The highest BCUT2D eigenvalue weighted by Crippen LogP contribution is 2.32. The number of fused-ring (bicyclic) bond motifs is 1. The number of anilines is 2. The Balaban J connectivity index is 1.60. The van der Waals surface area contributed by atoms with Crippen LogP contribution in [0.2, 0.25) is 0 Å². The average Bonchev–Trinajstić information content (AvgIpc) is 2.68. The van der Waals surface area contributed by atoms with Gasteiger partial charge in [-0.3, -0.25) is 9.59 Å². The molecule has 0 saturated carbocycles. The molecular formula is C20H22N2O5. The van der Waals surface area contributed by atoms with E-state index in [0.29, 0.717) is 36.1 Å². The molecule has 0 aliphatic carbocycles. The minimum absolute atomic E-state index is 0.132. The quantitative estimate of drug-likeness (QED) is 0.846. The fourth-order valence-electron chi connectivity index (χ4n) is 2.79. The summed E-state index contributed by atoms with van der Waals surface area (Å²) in [6, 6.07) is 12.4. The molecule has 3 rings (SSSR count). The van der Waals surface area contributed by atoms with E-state index in [9.17, 15) is 9.59 Å². The second-order valence-electron chi connectivity index (χ2n) is 6.03. The molecule has 0 fully saturated rings. The van der Waals surface area contributed by atoms with Crippen molar-refractivity contribution in [3.05, 3.63) is 42.5 Å². The monoisotopic (exact) mass is 370 g/mol. The first-order valence-corrected chi connectivity index (χ1v) is 8.68. The van der Waals surface area contributed by atoms with Crippen LogP contribution in [0.3, 0.4) is 0 Å². The predicted octanol–water partition coefficient (Wildman–Crippen LogP) is 2.85. The number of hydrogen-bond acceptors (Lipinski definition) is 5. The number of amides is 2. The third kappa shape index (κ3) is 4.69. The van der Waals surface area contributed by atoms with Crippen molar-refractivity contribution in [3.8, 4) is 17.2 Å². The molecule has 1 N–H and O–H groups in total. The molecular weight excluding hydrogens is 348 g/mol. The van der Waals surface area contributed by atoms with E-state index in [1.807, 2.05) is 0 Å². The van der Waals surface area contributed by atoms with Gasteiger partial charge in [0, 0.05) is 37.3 Å². The molecule has 0 atom stereocenters. The lowest BCUT2D eigenvalue weighted by Gasteiger charge is -2.21. The van der Waals surface area contributed by atoms with Gasteiger partial charge in [0.15, 0.2) is 11.5 Å². The second-order valence-corrected chi connectivity index (χ2v) is 6.03. The van der Waals surface area contributed by atoms with E-state index in [-0.39, 0.29) is 24.8 Å². The van der Waals surface area contributed by atoms with Crippen molar-refractivity contribution in [1.82, 2.24) is 0 Å². The van der Waals surface area contributed by atoms with Gasteiger partial charge in [-0.1, -0.05) is 0 Å². The molecule has 7 heteroatoms. The highest BCUT2D eigenvalue weighted by Gasteiger charge is 2.15. The summed E-state index contributed by atoms with van der Waals surface area (Å²) in [6.07, 6.45) is 0.167. The Labute approximate surface area is 157 Å². The molecule has 0 unspecified atom stereocenters. The van der Waals surface area contributed by atoms with Crippen LogP contribution in [-0.2, 0) is 9.59 Å². The zero-order valence-corrected chi connectivity index (χ0v) is 15.4. The number of nitrogens with one attached hydrogen (secondary N) is 1. The van der Waals surface area contributed by atoms with Gasteiger partial charge in [-0.05, 0) is 36.4 Å². The van der Waals surface area contributed by atoms with E-state index in [0.717, 1.165) is 5.69 Å². The SMILES string of the molecule is COc1ccc(N(CCC(=O)Nc2ccc3c(c2)OCCO3)C(C)=O)cc1. The van der Waals surface area contributed by atoms with Gasteiger partial charge in [-0.15, -0.1) is 0 Å². The van der Waals surface area contributed by atoms with Crippen molar-refractivity contribution in [3.63, 3.8) is 0 Å². The second kappa shape index (κ2) is 8.44. The molecule has 1 aliphatic rings. The first kappa shape index (κ1) is 18.6. The van der Waals surface area contributed by atoms with Gasteiger partial charge >= 0.3 is 0 Å². The van der Waals surface area contributed by atoms with Crippen LogP contribution in [0.5, 0.6) is 17.2 Å². The van der Waals surface area contributed by atoms with Crippen LogP contribution in [0.25, 0.3) is 0 Å². The van der Waals surface area contributed by atoms with Gasteiger partial charge in [0.2, 0.25) is 11.8 Å². The lowest BCUT2D eigenvalue weighted by Crippen LogP contribution is -2.31. The molecule has 0 saturated heterocycles. The van der Waals surface area contributed by atoms with Crippen LogP contribution >= 0.6 is 0 Å². The Kier molecular flexibility index (Phi) is 5.80. The standard InChI is InChI=1S/C20H22N2O5/c1-14(23)22(16-4-6-17(25-2)7-5-16)10-9-20(24)21-15-3-8-18-19(13-15)27-12-11-26-18/h3-8,13H,9-12H2,1-2H3,(H,21,24). The number of ether oxygens (including phenoxy) is 3. The summed E-state index contributed by atoms with van der Waals surface area (Å²) in [6.45, 7) is 2.76. The zero-order valence-electron chi connectivity index (χ0n) is 15.4. The lowest BCUT2D eigenvalue weighted by molar-refractivity contribution is -0.117. The summed E-state index contributed by atoms with van der Waals surface area (Å²) in [4.78, 5) is 25.8. The molecule has 142 valence electrons. The number of rotatable bonds is 6. The molecule has 2 amide bonds. The maximum absolute atomic E-state index is 12.3. The van der Waals surface area contributed by atoms with Crippen LogP contribution in [-0.4, -0.2) is 38.7 Å². The average molecular weight is 370 g/mol. The number of carbonyl (C=O) groups excluding carboxylic acids is 2. The molecule has 27 heavy (non-hydrogen) atoms. The van der Waals surface area contributed by atoms with E-state index in [1.165, 1.54) is 6.92 Å². The summed E-state index contributed by atoms with van der Waals surface area (Å²) in [5.41, 5.74) is 1.35. The van der Waals surface area contributed by atoms with Gasteiger partial charge < -0.3 is 24.4 Å². The van der Waals surface area contributed by atoms with E-state index in [4.69, 9.17) is 14.2 Å². The third-order valence-corrected chi connectivity index (χ3v) is 4.15. The van der Waals surface area contributed by atoms with Crippen molar-refractivity contribution >= 4 is 23.2 Å².